The maximum absolute atomic E-state index is 4.00. The van der Waals surface area contributed by atoms with Crippen molar-refractivity contribution in [3.63, 3.8) is 0 Å². The van der Waals surface area contributed by atoms with Crippen LogP contribution in [0.5, 0.6) is 0 Å². The number of rotatable bonds is 7. The van der Waals surface area contributed by atoms with Crippen LogP contribution in [0.2, 0.25) is 5.04 Å². The van der Waals surface area contributed by atoms with Crippen LogP contribution in [0, 0.1) is 11.8 Å². The SMILES string of the molecule is C=CCCC([Si])(CC(C)C)CC(C)C. The Hall–Kier alpha value is -0.0431. The van der Waals surface area contributed by atoms with Gasteiger partial charge < -0.3 is 0 Å². The summed E-state index contributed by atoms with van der Waals surface area (Å²) in [7, 11) is 4.00. The van der Waals surface area contributed by atoms with Gasteiger partial charge in [0.25, 0.3) is 0 Å². The Morgan fingerprint density at radius 3 is 1.86 bits per heavy atom. The molecule has 0 aromatic rings. The minimum absolute atomic E-state index is 0.330. The van der Waals surface area contributed by atoms with Crippen molar-refractivity contribution < 1.29 is 0 Å². The van der Waals surface area contributed by atoms with Gasteiger partial charge in [-0.2, -0.15) is 0 Å². The Morgan fingerprint density at radius 1 is 1.14 bits per heavy atom. The van der Waals surface area contributed by atoms with E-state index in [9.17, 15) is 0 Å². The molecule has 0 heterocycles. The molecule has 0 spiro atoms. The Balaban J connectivity index is 4.24. The minimum atomic E-state index is 0.330. The van der Waals surface area contributed by atoms with Gasteiger partial charge >= 0.3 is 0 Å². The van der Waals surface area contributed by atoms with E-state index in [1.54, 1.807) is 0 Å². The van der Waals surface area contributed by atoms with Crippen LogP contribution in [0.25, 0.3) is 0 Å². The zero-order valence-corrected chi connectivity index (χ0v) is 11.3. The molecule has 0 aromatic heterocycles. The molecule has 0 nitrogen and oxygen atoms in total. The van der Waals surface area contributed by atoms with Crippen LogP contribution >= 0.6 is 0 Å². The first kappa shape index (κ1) is 14.0. The normalized spacial score (nSPS) is 12.5. The Morgan fingerprint density at radius 2 is 1.57 bits per heavy atom. The third-order valence-electron chi connectivity index (χ3n) is 2.42. The van der Waals surface area contributed by atoms with E-state index in [0.29, 0.717) is 5.04 Å². The molecular formula is C13H25Si. The molecule has 0 aliphatic carbocycles. The highest BCUT2D eigenvalue weighted by molar-refractivity contribution is 6.15. The largest absolute Gasteiger partial charge is 0.103 e. The summed E-state index contributed by atoms with van der Waals surface area (Å²) in [5.41, 5.74) is 0. The molecule has 0 bridgehead atoms. The molecule has 0 amide bonds. The fraction of sp³-hybridized carbons (Fsp3) is 0.846. The summed E-state index contributed by atoms with van der Waals surface area (Å²) in [6, 6.07) is 0. The highest BCUT2D eigenvalue weighted by Gasteiger charge is 2.25. The second-order valence-electron chi connectivity index (χ2n) is 5.30. The van der Waals surface area contributed by atoms with Crippen molar-refractivity contribution in [2.75, 3.05) is 0 Å². The summed E-state index contributed by atoms with van der Waals surface area (Å²) in [6.45, 7) is 13.0. The Labute approximate surface area is 93.6 Å². The van der Waals surface area contributed by atoms with E-state index < -0.39 is 0 Å². The van der Waals surface area contributed by atoms with Crippen LogP contribution < -0.4 is 0 Å². The van der Waals surface area contributed by atoms with Gasteiger partial charge in [0, 0.05) is 10.2 Å². The lowest BCUT2D eigenvalue weighted by molar-refractivity contribution is 0.346. The topological polar surface area (TPSA) is 0 Å². The van der Waals surface area contributed by atoms with Gasteiger partial charge in [-0.1, -0.05) is 33.8 Å². The minimum Gasteiger partial charge on any atom is -0.103 e. The monoisotopic (exact) mass is 209 g/mol. The van der Waals surface area contributed by atoms with Crippen molar-refractivity contribution in [3.05, 3.63) is 12.7 Å². The lowest BCUT2D eigenvalue weighted by Crippen LogP contribution is -2.18. The molecule has 0 saturated carbocycles. The summed E-state index contributed by atoms with van der Waals surface area (Å²) in [5.74, 6) is 1.52. The average molecular weight is 209 g/mol. The van der Waals surface area contributed by atoms with Crippen molar-refractivity contribution in [3.8, 4) is 0 Å². The van der Waals surface area contributed by atoms with E-state index in [2.05, 4.69) is 44.5 Å². The lowest BCUT2D eigenvalue weighted by atomic mass is 9.85. The molecule has 0 atom stereocenters. The second-order valence-corrected chi connectivity index (χ2v) is 6.36. The van der Waals surface area contributed by atoms with Crippen molar-refractivity contribution >= 4 is 10.2 Å². The first-order chi connectivity index (χ1) is 6.39. The zero-order valence-electron chi connectivity index (χ0n) is 10.3. The van der Waals surface area contributed by atoms with Crippen molar-refractivity contribution in [1.29, 1.82) is 0 Å². The molecule has 0 aliphatic rings. The molecule has 0 saturated heterocycles. The zero-order chi connectivity index (χ0) is 11.2. The molecule has 0 rings (SSSR count). The molecule has 1 heteroatoms. The predicted octanol–water partition coefficient (Wildman–Crippen LogP) is 4.37. The third-order valence-corrected chi connectivity index (χ3v) is 3.08. The predicted molar refractivity (Wildman–Crippen MR) is 66.8 cm³/mol. The maximum Gasteiger partial charge on any atom is 0.0313 e. The Kier molecular flexibility index (Phi) is 6.42. The van der Waals surface area contributed by atoms with E-state index in [-0.39, 0.29) is 0 Å². The summed E-state index contributed by atoms with van der Waals surface area (Å²) >= 11 is 0. The first-order valence-corrected chi connectivity index (χ1v) is 6.25. The third kappa shape index (κ3) is 6.42. The molecule has 0 unspecified atom stereocenters. The van der Waals surface area contributed by atoms with Gasteiger partial charge in [-0.05, 0) is 42.6 Å². The summed E-state index contributed by atoms with van der Waals surface area (Å²) in [4.78, 5) is 0. The van der Waals surface area contributed by atoms with Crippen molar-refractivity contribution in [1.82, 2.24) is 0 Å². The van der Waals surface area contributed by atoms with Crippen molar-refractivity contribution in [2.45, 2.75) is 58.4 Å². The summed E-state index contributed by atoms with van der Waals surface area (Å²) in [5, 5.41) is 0.330. The van der Waals surface area contributed by atoms with Gasteiger partial charge in [0.15, 0.2) is 0 Å². The van der Waals surface area contributed by atoms with Gasteiger partial charge in [-0.3, -0.25) is 0 Å². The molecule has 81 valence electrons. The van der Waals surface area contributed by atoms with Gasteiger partial charge in [-0.25, -0.2) is 0 Å². The highest BCUT2D eigenvalue weighted by Crippen LogP contribution is 2.41. The van der Waals surface area contributed by atoms with Gasteiger partial charge in [0.05, 0.1) is 0 Å². The highest BCUT2D eigenvalue weighted by atomic mass is 28.1. The second kappa shape index (κ2) is 6.44. The molecule has 0 aliphatic heterocycles. The maximum atomic E-state index is 4.00. The van der Waals surface area contributed by atoms with E-state index in [0.717, 1.165) is 18.3 Å². The molecule has 3 radical (unpaired) electrons. The van der Waals surface area contributed by atoms with E-state index in [1.807, 2.05) is 6.08 Å². The van der Waals surface area contributed by atoms with Crippen LogP contribution in [0.3, 0.4) is 0 Å². The standard InChI is InChI=1S/C13H25Si/c1-6-7-8-13(14,9-11(2)3)10-12(4)5/h6,11-12H,1,7-10H2,2-5H3. The molecule has 14 heavy (non-hydrogen) atoms. The van der Waals surface area contributed by atoms with Crippen LogP contribution in [0.4, 0.5) is 0 Å². The van der Waals surface area contributed by atoms with Gasteiger partial charge in [0.2, 0.25) is 0 Å². The van der Waals surface area contributed by atoms with Crippen LogP contribution in [-0.4, -0.2) is 10.2 Å². The molecule has 0 N–H and O–H groups in total. The number of hydrogen-bond acceptors (Lipinski definition) is 0. The fourth-order valence-electron chi connectivity index (χ4n) is 2.23. The fourth-order valence-corrected chi connectivity index (χ4v) is 3.19. The number of hydrogen-bond donors (Lipinski definition) is 0. The average Bonchev–Trinajstić information content (AvgIpc) is 1.97. The van der Waals surface area contributed by atoms with E-state index >= 15 is 0 Å². The molecule has 0 aromatic carbocycles. The lowest BCUT2D eigenvalue weighted by Gasteiger charge is -2.32. The van der Waals surface area contributed by atoms with Crippen molar-refractivity contribution in [2.24, 2.45) is 11.8 Å². The number of allylic oxidation sites excluding steroid dienone is 1. The van der Waals surface area contributed by atoms with E-state index in [1.165, 1.54) is 19.3 Å². The van der Waals surface area contributed by atoms with Gasteiger partial charge in [0.1, 0.15) is 0 Å². The smallest absolute Gasteiger partial charge is 0.0313 e. The van der Waals surface area contributed by atoms with Crippen LogP contribution in [-0.2, 0) is 0 Å². The van der Waals surface area contributed by atoms with Gasteiger partial charge in [-0.15, -0.1) is 6.58 Å². The van der Waals surface area contributed by atoms with E-state index in [4.69, 9.17) is 0 Å². The quantitative estimate of drug-likeness (QED) is 0.431. The Bertz CT molecular complexity index is 149. The first-order valence-electron chi connectivity index (χ1n) is 5.75. The molecular weight excluding hydrogens is 184 g/mol. The summed E-state index contributed by atoms with van der Waals surface area (Å²) < 4.78 is 0. The van der Waals surface area contributed by atoms with Crippen LogP contribution in [0.15, 0.2) is 12.7 Å². The molecule has 0 fully saturated rings. The summed E-state index contributed by atoms with van der Waals surface area (Å²) in [6.07, 6.45) is 6.87. The van der Waals surface area contributed by atoms with Crippen LogP contribution in [0.1, 0.15) is 53.4 Å².